The van der Waals surface area contributed by atoms with Gasteiger partial charge in [-0.1, -0.05) is 59.7 Å². The maximum atomic E-state index is 12.9. The molecule has 0 bridgehead atoms. The molecule has 1 aromatic heterocycles. The number of aromatic nitrogens is 2. The second-order valence-corrected chi connectivity index (χ2v) is 8.89. The minimum absolute atomic E-state index is 0.158. The van der Waals surface area contributed by atoms with Gasteiger partial charge in [-0.2, -0.15) is 0 Å². The molecular weight excluding hydrogens is 446 g/mol. The standard InChI is InChI=1S/C31H27N3O2/c1-20-6-4-8-23(16-20)29-30(24-9-5-7-21(2)17-24)34-28-18-25(12-15-27(28)33-29)31(35)32-19-22-10-13-26(36-3)14-11-22/h4-18H,19H2,1-3H3,(H,32,35). The molecule has 1 N–H and O–H groups in total. The number of benzene rings is 4. The van der Waals surface area contributed by atoms with Crippen molar-refractivity contribution >= 4 is 16.9 Å². The highest BCUT2D eigenvalue weighted by Gasteiger charge is 2.15. The van der Waals surface area contributed by atoms with E-state index in [9.17, 15) is 4.79 Å². The molecule has 1 heterocycles. The van der Waals surface area contributed by atoms with Crippen LogP contribution in [-0.4, -0.2) is 23.0 Å². The Bertz CT molecular complexity index is 1560. The fraction of sp³-hybridized carbons (Fsp3) is 0.129. The van der Waals surface area contributed by atoms with E-state index in [4.69, 9.17) is 14.7 Å². The van der Waals surface area contributed by atoms with Crippen molar-refractivity contribution in [3.8, 4) is 28.3 Å². The van der Waals surface area contributed by atoms with Gasteiger partial charge in [-0.05, 0) is 61.9 Å². The molecule has 0 aliphatic rings. The molecule has 4 aromatic carbocycles. The molecule has 0 radical (unpaired) electrons. The first-order valence-electron chi connectivity index (χ1n) is 11.9. The summed E-state index contributed by atoms with van der Waals surface area (Å²) in [5.41, 5.74) is 8.91. The van der Waals surface area contributed by atoms with Crippen LogP contribution >= 0.6 is 0 Å². The zero-order valence-electron chi connectivity index (χ0n) is 20.6. The number of aryl methyl sites for hydroxylation is 2. The van der Waals surface area contributed by atoms with Crippen molar-refractivity contribution in [1.29, 1.82) is 0 Å². The highest BCUT2D eigenvalue weighted by Crippen LogP contribution is 2.32. The molecule has 1 amide bonds. The van der Waals surface area contributed by atoms with Crippen LogP contribution in [0.4, 0.5) is 0 Å². The molecule has 5 aromatic rings. The van der Waals surface area contributed by atoms with E-state index in [1.54, 1.807) is 13.2 Å². The van der Waals surface area contributed by atoms with Gasteiger partial charge in [0.15, 0.2) is 0 Å². The van der Waals surface area contributed by atoms with Gasteiger partial charge in [-0.25, -0.2) is 9.97 Å². The van der Waals surface area contributed by atoms with Crippen LogP contribution in [0.25, 0.3) is 33.5 Å². The minimum Gasteiger partial charge on any atom is -0.497 e. The van der Waals surface area contributed by atoms with Gasteiger partial charge < -0.3 is 10.1 Å². The number of rotatable bonds is 6. The fourth-order valence-corrected chi connectivity index (χ4v) is 4.21. The Morgan fingerprint density at radius 2 is 1.36 bits per heavy atom. The van der Waals surface area contributed by atoms with Crippen LogP contribution in [0.15, 0.2) is 91.0 Å². The lowest BCUT2D eigenvalue weighted by Crippen LogP contribution is -2.22. The number of hydrogen-bond donors (Lipinski definition) is 1. The Balaban J connectivity index is 1.51. The third-order valence-electron chi connectivity index (χ3n) is 6.12. The summed E-state index contributed by atoms with van der Waals surface area (Å²) in [6.07, 6.45) is 0. The molecule has 0 saturated carbocycles. The molecule has 5 heteroatoms. The summed E-state index contributed by atoms with van der Waals surface area (Å²) in [5.74, 6) is 0.627. The van der Waals surface area contributed by atoms with Crippen molar-refractivity contribution in [3.05, 3.63) is 113 Å². The molecule has 178 valence electrons. The van der Waals surface area contributed by atoms with Crippen LogP contribution in [-0.2, 0) is 6.54 Å². The number of ether oxygens (including phenoxy) is 1. The molecule has 5 rings (SSSR count). The second-order valence-electron chi connectivity index (χ2n) is 8.89. The molecule has 36 heavy (non-hydrogen) atoms. The van der Waals surface area contributed by atoms with E-state index in [0.29, 0.717) is 17.6 Å². The predicted octanol–water partition coefficient (Wildman–Crippen LogP) is 6.52. The summed E-state index contributed by atoms with van der Waals surface area (Å²) in [5, 5.41) is 2.99. The van der Waals surface area contributed by atoms with E-state index < -0.39 is 0 Å². The molecule has 0 spiro atoms. The van der Waals surface area contributed by atoms with Crippen molar-refractivity contribution in [2.75, 3.05) is 7.11 Å². The van der Waals surface area contributed by atoms with Crippen molar-refractivity contribution in [2.24, 2.45) is 0 Å². The summed E-state index contributed by atoms with van der Waals surface area (Å²) >= 11 is 0. The van der Waals surface area contributed by atoms with Crippen molar-refractivity contribution in [2.45, 2.75) is 20.4 Å². The van der Waals surface area contributed by atoms with Gasteiger partial charge in [0.25, 0.3) is 5.91 Å². The Labute approximate surface area is 210 Å². The van der Waals surface area contributed by atoms with Crippen LogP contribution in [0.3, 0.4) is 0 Å². The van der Waals surface area contributed by atoms with Gasteiger partial charge in [0.1, 0.15) is 5.75 Å². The normalized spacial score (nSPS) is 10.9. The topological polar surface area (TPSA) is 64.1 Å². The maximum Gasteiger partial charge on any atom is 0.251 e. The van der Waals surface area contributed by atoms with E-state index >= 15 is 0 Å². The first-order valence-corrected chi connectivity index (χ1v) is 11.9. The molecule has 0 fully saturated rings. The third-order valence-corrected chi connectivity index (χ3v) is 6.12. The summed E-state index contributed by atoms with van der Waals surface area (Å²) < 4.78 is 5.20. The molecule has 0 aliphatic heterocycles. The van der Waals surface area contributed by atoms with E-state index in [-0.39, 0.29) is 5.91 Å². The minimum atomic E-state index is -0.158. The zero-order valence-corrected chi connectivity index (χ0v) is 20.6. The molecule has 5 nitrogen and oxygen atoms in total. The Morgan fingerprint density at radius 1 is 0.750 bits per heavy atom. The molecule has 0 unspecified atom stereocenters. The van der Waals surface area contributed by atoms with Crippen molar-refractivity contribution in [1.82, 2.24) is 15.3 Å². The largest absolute Gasteiger partial charge is 0.497 e. The fourth-order valence-electron chi connectivity index (χ4n) is 4.21. The smallest absolute Gasteiger partial charge is 0.251 e. The number of amides is 1. The van der Waals surface area contributed by atoms with Crippen LogP contribution in [0.2, 0.25) is 0 Å². The summed E-state index contributed by atoms with van der Waals surface area (Å²) in [7, 11) is 1.63. The first kappa shape index (κ1) is 23.2. The van der Waals surface area contributed by atoms with Crippen LogP contribution in [0.5, 0.6) is 5.75 Å². The number of nitrogens with one attached hydrogen (secondary N) is 1. The lowest BCUT2D eigenvalue weighted by Gasteiger charge is -2.12. The number of hydrogen-bond acceptors (Lipinski definition) is 4. The van der Waals surface area contributed by atoms with E-state index in [0.717, 1.165) is 50.5 Å². The lowest BCUT2D eigenvalue weighted by molar-refractivity contribution is 0.0951. The maximum absolute atomic E-state index is 12.9. The van der Waals surface area contributed by atoms with E-state index in [1.807, 2.05) is 54.6 Å². The average Bonchev–Trinajstić information content (AvgIpc) is 2.91. The Morgan fingerprint density at radius 3 is 1.94 bits per heavy atom. The molecular formula is C31H27N3O2. The summed E-state index contributed by atoms with van der Waals surface area (Å²) in [6, 6.07) is 29.6. The molecule has 0 atom stereocenters. The first-order chi connectivity index (χ1) is 17.5. The molecule has 0 aliphatic carbocycles. The number of carbonyl (C=O) groups excluding carboxylic acids is 1. The SMILES string of the molecule is COc1ccc(CNC(=O)c2ccc3nc(-c4cccc(C)c4)c(-c4cccc(C)c4)nc3c2)cc1. The highest BCUT2D eigenvalue weighted by molar-refractivity contribution is 5.98. The van der Waals surface area contributed by atoms with Gasteiger partial charge in [0.05, 0.1) is 29.5 Å². The van der Waals surface area contributed by atoms with Gasteiger partial charge in [0.2, 0.25) is 0 Å². The number of nitrogens with zero attached hydrogens (tertiary/aromatic N) is 2. The van der Waals surface area contributed by atoms with Gasteiger partial charge in [0, 0.05) is 23.2 Å². The number of methoxy groups -OCH3 is 1. The van der Waals surface area contributed by atoms with Crippen molar-refractivity contribution < 1.29 is 9.53 Å². The van der Waals surface area contributed by atoms with Crippen LogP contribution in [0, 0.1) is 13.8 Å². The lowest BCUT2D eigenvalue weighted by atomic mass is 10.0. The summed E-state index contributed by atoms with van der Waals surface area (Å²) in [6.45, 7) is 4.56. The summed E-state index contributed by atoms with van der Waals surface area (Å²) in [4.78, 5) is 22.9. The number of carbonyl (C=O) groups is 1. The van der Waals surface area contributed by atoms with E-state index in [2.05, 4.69) is 49.5 Å². The zero-order chi connectivity index (χ0) is 25.1. The molecule has 0 saturated heterocycles. The van der Waals surface area contributed by atoms with E-state index in [1.165, 1.54) is 0 Å². The average molecular weight is 474 g/mol. The Hall–Kier alpha value is -4.51. The van der Waals surface area contributed by atoms with Crippen molar-refractivity contribution in [3.63, 3.8) is 0 Å². The van der Waals surface area contributed by atoms with Crippen LogP contribution < -0.4 is 10.1 Å². The van der Waals surface area contributed by atoms with Crippen LogP contribution in [0.1, 0.15) is 27.0 Å². The third kappa shape index (κ3) is 4.96. The second kappa shape index (κ2) is 10.0. The monoisotopic (exact) mass is 473 g/mol. The van der Waals surface area contributed by atoms with Gasteiger partial charge >= 0.3 is 0 Å². The Kier molecular flexibility index (Phi) is 6.46. The highest BCUT2D eigenvalue weighted by atomic mass is 16.5. The number of fused-ring (bicyclic) bond motifs is 1. The predicted molar refractivity (Wildman–Crippen MR) is 144 cm³/mol. The quantitative estimate of drug-likeness (QED) is 0.305. The van der Waals surface area contributed by atoms with Gasteiger partial charge in [-0.15, -0.1) is 0 Å². The van der Waals surface area contributed by atoms with Gasteiger partial charge in [-0.3, -0.25) is 4.79 Å².